The number of hydrogen-bond acceptors (Lipinski definition) is 3. The molecule has 0 radical (unpaired) electrons. The third kappa shape index (κ3) is 5.61. The van der Waals surface area contributed by atoms with E-state index >= 15 is 0 Å². The summed E-state index contributed by atoms with van der Waals surface area (Å²) in [5.41, 5.74) is 4.12. The number of unbranched alkanes of at least 4 members (excludes halogenated alkanes) is 3. The van der Waals surface area contributed by atoms with Crippen LogP contribution in [0.4, 0.5) is 0 Å². The molecule has 2 aromatic heterocycles. The largest absolute Gasteiger partial charge is 0.477 e. The quantitative estimate of drug-likeness (QED) is 0.365. The molecule has 4 nitrogen and oxygen atoms in total. The van der Waals surface area contributed by atoms with Gasteiger partial charge >= 0.3 is 5.97 Å². The highest BCUT2D eigenvalue weighted by Crippen LogP contribution is 2.22. The van der Waals surface area contributed by atoms with E-state index in [2.05, 4.69) is 37.3 Å². The summed E-state index contributed by atoms with van der Waals surface area (Å²) in [6.07, 6.45) is 8.71. The number of hydrogen-bond donors (Lipinski definition) is 1. The molecule has 0 aliphatic rings. The Kier molecular flexibility index (Phi) is 7.87. The topological polar surface area (TPSA) is 66.0 Å². The molecule has 0 amide bonds. The summed E-state index contributed by atoms with van der Waals surface area (Å²) >= 11 is 1.34. The SMILES string of the molecule is CCCCCCc1ccc(-n2c(C#N)ccc2CCCc2ccc(C(=O)O)s2)cc1. The number of carbonyl (C=O) groups is 1. The molecule has 0 saturated heterocycles. The predicted octanol–water partition coefficient (Wildman–Crippen LogP) is 6.41. The summed E-state index contributed by atoms with van der Waals surface area (Å²) in [4.78, 5) is 12.5. The minimum Gasteiger partial charge on any atom is -0.477 e. The maximum absolute atomic E-state index is 11.0. The first-order valence-corrected chi connectivity index (χ1v) is 11.5. The summed E-state index contributed by atoms with van der Waals surface area (Å²) in [7, 11) is 0. The zero-order valence-electron chi connectivity index (χ0n) is 17.4. The first-order chi connectivity index (χ1) is 14.6. The first kappa shape index (κ1) is 21.9. The van der Waals surface area contributed by atoms with Crippen LogP contribution in [-0.4, -0.2) is 15.6 Å². The van der Waals surface area contributed by atoms with Gasteiger partial charge in [0.2, 0.25) is 0 Å². The molecule has 3 rings (SSSR count). The van der Waals surface area contributed by atoms with Crippen molar-refractivity contribution in [3.8, 4) is 11.8 Å². The monoisotopic (exact) mass is 420 g/mol. The molecule has 156 valence electrons. The van der Waals surface area contributed by atoms with Gasteiger partial charge in [0.05, 0.1) is 0 Å². The Morgan fingerprint density at radius 2 is 1.77 bits per heavy atom. The summed E-state index contributed by atoms with van der Waals surface area (Å²) in [6, 6.07) is 18.3. The molecular formula is C25H28N2O2S. The van der Waals surface area contributed by atoms with Gasteiger partial charge in [-0.25, -0.2) is 4.79 Å². The van der Waals surface area contributed by atoms with Crippen LogP contribution in [0.3, 0.4) is 0 Å². The molecule has 0 spiro atoms. The highest BCUT2D eigenvalue weighted by Gasteiger charge is 2.11. The highest BCUT2D eigenvalue weighted by molar-refractivity contribution is 7.13. The molecule has 0 atom stereocenters. The van der Waals surface area contributed by atoms with Crippen molar-refractivity contribution in [2.75, 3.05) is 0 Å². The van der Waals surface area contributed by atoms with Crippen LogP contribution >= 0.6 is 11.3 Å². The molecule has 5 heteroatoms. The third-order valence-electron chi connectivity index (χ3n) is 5.32. The zero-order chi connectivity index (χ0) is 21.3. The molecule has 0 aliphatic heterocycles. The molecule has 30 heavy (non-hydrogen) atoms. The molecule has 3 aromatic rings. The maximum Gasteiger partial charge on any atom is 0.345 e. The lowest BCUT2D eigenvalue weighted by molar-refractivity contribution is 0.0702. The Balaban J connectivity index is 1.65. The summed E-state index contributed by atoms with van der Waals surface area (Å²) in [5, 5.41) is 18.6. The van der Waals surface area contributed by atoms with Crippen LogP contribution in [-0.2, 0) is 19.3 Å². The fourth-order valence-corrected chi connectivity index (χ4v) is 4.59. The molecule has 2 heterocycles. The molecule has 1 N–H and O–H groups in total. The van der Waals surface area contributed by atoms with E-state index in [1.165, 1.54) is 42.6 Å². The van der Waals surface area contributed by atoms with Crippen molar-refractivity contribution in [3.05, 3.63) is 75.2 Å². The minimum absolute atomic E-state index is 0.384. The summed E-state index contributed by atoms with van der Waals surface area (Å²) in [6.45, 7) is 2.23. The standard InChI is InChI=1S/C25H28N2O2S/c1-2-3-4-5-7-19-10-12-21(13-11-19)27-20(14-15-22(27)18-26)8-6-9-23-16-17-24(30-23)25(28)29/h10-17H,2-9H2,1H3,(H,28,29). The number of rotatable bonds is 11. The molecule has 0 unspecified atom stereocenters. The van der Waals surface area contributed by atoms with Gasteiger partial charge in [-0.05, 0) is 74.1 Å². The lowest BCUT2D eigenvalue weighted by atomic mass is 10.1. The van der Waals surface area contributed by atoms with E-state index in [4.69, 9.17) is 5.11 Å². The van der Waals surface area contributed by atoms with E-state index < -0.39 is 5.97 Å². The number of nitrogens with zero attached hydrogens (tertiary/aromatic N) is 2. The van der Waals surface area contributed by atoms with Crippen LogP contribution in [0.25, 0.3) is 5.69 Å². The van der Waals surface area contributed by atoms with Crippen LogP contribution < -0.4 is 0 Å². The fourth-order valence-electron chi connectivity index (χ4n) is 3.70. The average molecular weight is 421 g/mol. The van der Waals surface area contributed by atoms with Gasteiger partial charge in [0, 0.05) is 16.3 Å². The lowest BCUT2D eigenvalue weighted by Gasteiger charge is -2.12. The molecule has 0 saturated carbocycles. The molecule has 0 aliphatic carbocycles. The number of carboxylic acids is 1. The summed E-state index contributed by atoms with van der Waals surface area (Å²) < 4.78 is 2.04. The Bertz CT molecular complexity index is 1010. The van der Waals surface area contributed by atoms with Gasteiger partial charge in [-0.2, -0.15) is 5.26 Å². The van der Waals surface area contributed by atoms with Crippen molar-refractivity contribution in [2.45, 2.75) is 58.3 Å². The van der Waals surface area contributed by atoms with Crippen LogP contribution in [0.15, 0.2) is 48.5 Å². The zero-order valence-corrected chi connectivity index (χ0v) is 18.3. The Morgan fingerprint density at radius 3 is 2.43 bits per heavy atom. The van der Waals surface area contributed by atoms with Crippen molar-refractivity contribution in [1.29, 1.82) is 5.26 Å². The number of carboxylic acid groups (broad SMARTS) is 1. The van der Waals surface area contributed by atoms with E-state index in [9.17, 15) is 10.1 Å². The highest BCUT2D eigenvalue weighted by atomic mass is 32.1. The number of thiophene rings is 1. The Hall–Kier alpha value is -2.84. The molecule has 0 bridgehead atoms. The van der Waals surface area contributed by atoms with Crippen molar-refractivity contribution in [1.82, 2.24) is 4.57 Å². The van der Waals surface area contributed by atoms with E-state index in [-0.39, 0.29) is 0 Å². The number of benzene rings is 1. The van der Waals surface area contributed by atoms with E-state index in [0.717, 1.165) is 41.9 Å². The normalized spacial score (nSPS) is 10.8. The first-order valence-electron chi connectivity index (χ1n) is 10.6. The second-order valence-corrected chi connectivity index (χ2v) is 8.73. The van der Waals surface area contributed by atoms with E-state index in [0.29, 0.717) is 10.6 Å². The van der Waals surface area contributed by atoms with Crippen LogP contribution in [0.2, 0.25) is 0 Å². The summed E-state index contributed by atoms with van der Waals surface area (Å²) in [5.74, 6) is -0.868. The molecule has 1 aromatic carbocycles. The smallest absolute Gasteiger partial charge is 0.345 e. The van der Waals surface area contributed by atoms with Gasteiger partial charge in [0.15, 0.2) is 0 Å². The van der Waals surface area contributed by atoms with Crippen LogP contribution in [0.1, 0.15) is 70.5 Å². The molecular weight excluding hydrogens is 392 g/mol. The van der Waals surface area contributed by atoms with Crippen LogP contribution in [0.5, 0.6) is 0 Å². The second-order valence-electron chi connectivity index (χ2n) is 7.56. The number of aryl methyl sites for hydroxylation is 3. The predicted molar refractivity (Wildman–Crippen MR) is 122 cm³/mol. The second kappa shape index (κ2) is 10.8. The van der Waals surface area contributed by atoms with Gasteiger partial charge in [0.25, 0.3) is 0 Å². The van der Waals surface area contributed by atoms with Gasteiger partial charge in [-0.15, -0.1) is 11.3 Å². The lowest BCUT2D eigenvalue weighted by Crippen LogP contribution is -2.03. The Labute approximate surface area is 182 Å². The third-order valence-corrected chi connectivity index (χ3v) is 6.45. The average Bonchev–Trinajstić information content (AvgIpc) is 3.39. The van der Waals surface area contributed by atoms with E-state index in [1.54, 1.807) is 6.07 Å². The van der Waals surface area contributed by atoms with Gasteiger partial charge in [-0.3, -0.25) is 0 Å². The number of nitriles is 1. The maximum atomic E-state index is 11.0. The van der Waals surface area contributed by atoms with Crippen molar-refractivity contribution in [3.63, 3.8) is 0 Å². The molecule has 0 fully saturated rings. The minimum atomic E-state index is -0.868. The number of aromatic nitrogens is 1. The van der Waals surface area contributed by atoms with Crippen molar-refractivity contribution in [2.24, 2.45) is 0 Å². The van der Waals surface area contributed by atoms with E-state index in [1.807, 2.05) is 22.8 Å². The van der Waals surface area contributed by atoms with Crippen molar-refractivity contribution >= 4 is 17.3 Å². The van der Waals surface area contributed by atoms with Gasteiger partial charge < -0.3 is 9.67 Å². The fraction of sp³-hybridized carbons (Fsp3) is 0.360. The van der Waals surface area contributed by atoms with Gasteiger partial charge in [0.1, 0.15) is 16.6 Å². The van der Waals surface area contributed by atoms with Crippen LogP contribution in [0, 0.1) is 11.3 Å². The number of aromatic carboxylic acids is 1. The Morgan fingerprint density at radius 1 is 0.967 bits per heavy atom. The van der Waals surface area contributed by atoms with Gasteiger partial charge in [-0.1, -0.05) is 38.3 Å². The van der Waals surface area contributed by atoms with Crippen molar-refractivity contribution < 1.29 is 9.90 Å².